The maximum atomic E-state index is 13.3. The predicted octanol–water partition coefficient (Wildman–Crippen LogP) is 4.83. The van der Waals surface area contributed by atoms with Crippen molar-refractivity contribution in [1.82, 2.24) is 5.32 Å². The Hall–Kier alpha value is -1.14. The van der Waals surface area contributed by atoms with E-state index in [1.54, 1.807) is 6.07 Å². The maximum absolute atomic E-state index is 13.3. The van der Waals surface area contributed by atoms with Crippen molar-refractivity contribution in [2.75, 3.05) is 0 Å². The molecule has 2 nitrogen and oxygen atoms in total. The van der Waals surface area contributed by atoms with Crippen LogP contribution in [0.1, 0.15) is 29.8 Å². The van der Waals surface area contributed by atoms with Gasteiger partial charge in [0.1, 0.15) is 5.82 Å². The van der Waals surface area contributed by atoms with Gasteiger partial charge in [0.25, 0.3) is 5.91 Å². The summed E-state index contributed by atoms with van der Waals surface area (Å²) in [5, 5.41) is 3.62. The number of nitrogens with one attached hydrogen (secondary N) is 1. The lowest BCUT2D eigenvalue weighted by Crippen LogP contribution is -2.45. The third-order valence-electron chi connectivity index (χ3n) is 3.22. The topological polar surface area (TPSA) is 29.1 Å². The van der Waals surface area contributed by atoms with Gasteiger partial charge in [0.05, 0.1) is 5.56 Å². The van der Waals surface area contributed by atoms with Gasteiger partial charge in [-0.05, 0) is 72.7 Å². The van der Waals surface area contributed by atoms with E-state index in [1.807, 2.05) is 60.7 Å². The molecule has 0 unspecified atom stereocenters. The molecule has 5 heteroatoms. The first-order valence-electron chi connectivity index (χ1n) is 6.79. The third-order valence-corrected chi connectivity index (χ3v) is 4.52. The molecular formula is C17H16ClFINO. The van der Waals surface area contributed by atoms with E-state index in [1.165, 1.54) is 12.1 Å². The maximum Gasteiger partial charge on any atom is 0.252 e. The van der Waals surface area contributed by atoms with E-state index < -0.39 is 11.4 Å². The van der Waals surface area contributed by atoms with E-state index in [4.69, 9.17) is 11.6 Å². The molecule has 2 rings (SSSR count). The first kappa shape index (κ1) is 17.2. The standard InChI is InChI=1S/C17H16ClFINO/c1-17(2,10-11-5-3-4-6-14(11)18)21-16(22)13-9-12(19)7-8-15(13)20/h3-9H,10H2,1-2H3,(H,21,22). The van der Waals surface area contributed by atoms with E-state index in [0.29, 0.717) is 20.6 Å². The molecule has 0 saturated carbocycles. The van der Waals surface area contributed by atoms with Gasteiger partial charge in [-0.25, -0.2) is 4.39 Å². The Balaban J connectivity index is 2.16. The number of halogens is 3. The van der Waals surface area contributed by atoms with Crippen LogP contribution >= 0.6 is 34.2 Å². The minimum atomic E-state index is -0.503. The van der Waals surface area contributed by atoms with Crippen molar-refractivity contribution in [1.29, 1.82) is 0 Å². The van der Waals surface area contributed by atoms with E-state index in [-0.39, 0.29) is 5.91 Å². The number of rotatable bonds is 4. The second-order valence-electron chi connectivity index (χ2n) is 5.73. The largest absolute Gasteiger partial charge is 0.347 e. The fraction of sp³-hybridized carbons (Fsp3) is 0.235. The molecule has 1 amide bonds. The molecule has 0 atom stereocenters. The third kappa shape index (κ3) is 4.43. The summed E-state index contributed by atoms with van der Waals surface area (Å²) in [6, 6.07) is 11.7. The van der Waals surface area contributed by atoms with Crippen LogP contribution in [0.4, 0.5) is 4.39 Å². The van der Waals surface area contributed by atoms with Crippen LogP contribution in [0.2, 0.25) is 5.02 Å². The van der Waals surface area contributed by atoms with Crippen LogP contribution in [0.5, 0.6) is 0 Å². The Morgan fingerprint density at radius 2 is 1.95 bits per heavy atom. The van der Waals surface area contributed by atoms with Gasteiger partial charge in [-0.3, -0.25) is 4.79 Å². The number of carbonyl (C=O) groups is 1. The molecule has 0 aliphatic carbocycles. The summed E-state index contributed by atoms with van der Waals surface area (Å²) < 4.78 is 14.1. The molecule has 1 N–H and O–H groups in total. The van der Waals surface area contributed by atoms with Crippen LogP contribution in [0.15, 0.2) is 42.5 Å². The zero-order chi connectivity index (χ0) is 16.3. The van der Waals surface area contributed by atoms with Crippen molar-refractivity contribution >= 4 is 40.1 Å². The Bertz CT molecular complexity index is 703. The molecule has 0 saturated heterocycles. The highest BCUT2D eigenvalue weighted by atomic mass is 127. The van der Waals surface area contributed by atoms with Crippen molar-refractivity contribution in [3.8, 4) is 0 Å². The number of hydrogen-bond donors (Lipinski definition) is 1. The lowest BCUT2D eigenvalue weighted by Gasteiger charge is -2.27. The second kappa shape index (κ2) is 6.96. The van der Waals surface area contributed by atoms with Gasteiger partial charge in [-0.2, -0.15) is 0 Å². The lowest BCUT2D eigenvalue weighted by atomic mass is 9.94. The summed E-state index contributed by atoms with van der Waals surface area (Å²) in [5.74, 6) is -0.713. The van der Waals surface area contributed by atoms with E-state index in [0.717, 1.165) is 5.56 Å². The molecule has 0 bridgehead atoms. The van der Waals surface area contributed by atoms with Gasteiger partial charge in [0.2, 0.25) is 0 Å². The normalized spacial score (nSPS) is 11.3. The number of benzene rings is 2. The summed E-state index contributed by atoms with van der Waals surface area (Å²) in [6.07, 6.45) is 0.588. The summed E-state index contributed by atoms with van der Waals surface area (Å²) in [6.45, 7) is 3.83. The minimum absolute atomic E-state index is 0.291. The van der Waals surface area contributed by atoms with Crippen LogP contribution in [0.25, 0.3) is 0 Å². The Morgan fingerprint density at radius 3 is 2.64 bits per heavy atom. The quantitative estimate of drug-likeness (QED) is 0.690. The van der Waals surface area contributed by atoms with Crippen molar-refractivity contribution < 1.29 is 9.18 Å². The van der Waals surface area contributed by atoms with Crippen LogP contribution < -0.4 is 5.32 Å². The molecule has 22 heavy (non-hydrogen) atoms. The minimum Gasteiger partial charge on any atom is -0.347 e. The summed E-state index contributed by atoms with van der Waals surface area (Å²) in [5.41, 5.74) is 0.800. The van der Waals surface area contributed by atoms with E-state index >= 15 is 0 Å². The van der Waals surface area contributed by atoms with Gasteiger partial charge < -0.3 is 5.32 Å². The Labute approximate surface area is 148 Å². The smallest absolute Gasteiger partial charge is 0.252 e. The predicted molar refractivity (Wildman–Crippen MR) is 95.8 cm³/mol. The number of amides is 1. The monoisotopic (exact) mass is 431 g/mol. The molecule has 0 aliphatic rings. The van der Waals surface area contributed by atoms with Gasteiger partial charge in [0, 0.05) is 14.1 Å². The first-order chi connectivity index (χ1) is 10.3. The summed E-state index contributed by atoms with van der Waals surface area (Å²) >= 11 is 8.19. The highest BCUT2D eigenvalue weighted by Crippen LogP contribution is 2.22. The fourth-order valence-corrected chi connectivity index (χ4v) is 2.99. The number of carbonyl (C=O) groups excluding carboxylic acids is 1. The second-order valence-corrected chi connectivity index (χ2v) is 7.30. The van der Waals surface area contributed by atoms with Gasteiger partial charge in [0.15, 0.2) is 0 Å². The van der Waals surface area contributed by atoms with Gasteiger partial charge in [-0.15, -0.1) is 0 Å². The van der Waals surface area contributed by atoms with Crippen molar-refractivity contribution in [3.63, 3.8) is 0 Å². The number of hydrogen-bond acceptors (Lipinski definition) is 1. The van der Waals surface area contributed by atoms with Crippen LogP contribution in [0.3, 0.4) is 0 Å². The molecule has 0 aliphatic heterocycles. The molecule has 0 spiro atoms. The Kier molecular flexibility index (Phi) is 5.45. The fourth-order valence-electron chi connectivity index (χ4n) is 2.21. The zero-order valence-corrected chi connectivity index (χ0v) is 15.2. The summed E-state index contributed by atoms with van der Waals surface area (Å²) in [4.78, 5) is 12.4. The molecule has 2 aromatic rings. The SMILES string of the molecule is CC(C)(Cc1ccccc1Cl)NC(=O)c1cc(F)ccc1I. The highest BCUT2D eigenvalue weighted by molar-refractivity contribution is 14.1. The molecule has 2 aromatic carbocycles. The van der Waals surface area contributed by atoms with E-state index in [2.05, 4.69) is 5.32 Å². The zero-order valence-electron chi connectivity index (χ0n) is 12.3. The molecule has 0 radical (unpaired) electrons. The van der Waals surface area contributed by atoms with Crippen LogP contribution in [0, 0.1) is 9.39 Å². The van der Waals surface area contributed by atoms with E-state index in [9.17, 15) is 9.18 Å². The molecule has 116 valence electrons. The van der Waals surface area contributed by atoms with Crippen molar-refractivity contribution in [2.24, 2.45) is 0 Å². The highest BCUT2D eigenvalue weighted by Gasteiger charge is 2.24. The van der Waals surface area contributed by atoms with Gasteiger partial charge in [-0.1, -0.05) is 29.8 Å². The van der Waals surface area contributed by atoms with Crippen LogP contribution in [-0.4, -0.2) is 11.4 Å². The van der Waals surface area contributed by atoms with Crippen LogP contribution in [-0.2, 0) is 6.42 Å². The molecule has 0 fully saturated rings. The lowest BCUT2D eigenvalue weighted by molar-refractivity contribution is 0.0911. The molecular weight excluding hydrogens is 416 g/mol. The molecule has 0 heterocycles. The Morgan fingerprint density at radius 1 is 1.27 bits per heavy atom. The molecule has 0 aromatic heterocycles. The van der Waals surface area contributed by atoms with Crippen molar-refractivity contribution in [3.05, 3.63) is 68.0 Å². The van der Waals surface area contributed by atoms with Crippen molar-refractivity contribution in [2.45, 2.75) is 25.8 Å². The average molecular weight is 432 g/mol. The average Bonchev–Trinajstić information content (AvgIpc) is 2.43. The first-order valence-corrected chi connectivity index (χ1v) is 8.25. The summed E-state index contributed by atoms with van der Waals surface area (Å²) in [7, 11) is 0. The van der Waals surface area contributed by atoms with Gasteiger partial charge >= 0.3 is 0 Å².